The lowest BCUT2D eigenvalue weighted by molar-refractivity contribution is 0.00578. The van der Waals surface area contributed by atoms with Crippen molar-refractivity contribution in [2.45, 2.75) is 57.7 Å². The molecule has 1 saturated carbocycles. The molecule has 1 aliphatic carbocycles. The van der Waals surface area contributed by atoms with E-state index in [1.807, 2.05) is 0 Å². The molecule has 2 fully saturated rings. The van der Waals surface area contributed by atoms with Crippen LogP contribution in [0, 0.1) is 0 Å². The first-order chi connectivity index (χ1) is 9.37. The summed E-state index contributed by atoms with van der Waals surface area (Å²) >= 11 is 0. The second-order valence-electron chi connectivity index (χ2n) is 6.97. The van der Waals surface area contributed by atoms with E-state index in [2.05, 4.69) is 64.0 Å². The van der Waals surface area contributed by atoms with Gasteiger partial charge in [-0.15, -0.1) is 0 Å². The topological polar surface area (TPSA) is 18.5 Å². The first-order valence-corrected chi connectivity index (χ1v) is 7.47. The van der Waals surface area contributed by atoms with Gasteiger partial charge in [0.05, 0.1) is 11.2 Å². The molecule has 1 saturated heterocycles. The van der Waals surface area contributed by atoms with Crippen LogP contribution >= 0.6 is 0 Å². The molecule has 0 bridgehead atoms. The lowest BCUT2D eigenvalue weighted by Gasteiger charge is -2.32. The standard InChI is InChI=1S/C17H23BO2/c1-16(2)17(3,4)20-18(19-16)12-13-10-15(11-13)14-8-6-5-7-9-14/h5-9,12,15H,10-11H2,1-4H3. The molecule has 0 unspecified atom stereocenters. The van der Waals surface area contributed by atoms with Gasteiger partial charge in [0.25, 0.3) is 0 Å². The number of rotatable bonds is 2. The summed E-state index contributed by atoms with van der Waals surface area (Å²) in [6.45, 7) is 8.39. The van der Waals surface area contributed by atoms with Gasteiger partial charge in [0, 0.05) is 0 Å². The van der Waals surface area contributed by atoms with Crippen molar-refractivity contribution in [1.82, 2.24) is 0 Å². The molecule has 20 heavy (non-hydrogen) atoms. The van der Waals surface area contributed by atoms with Crippen LogP contribution in [0.3, 0.4) is 0 Å². The van der Waals surface area contributed by atoms with Gasteiger partial charge < -0.3 is 9.31 Å². The number of hydrogen-bond donors (Lipinski definition) is 0. The second-order valence-corrected chi connectivity index (χ2v) is 6.97. The summed E-state index contributed by atoms with van der Waals surface area (Å²) in [5, 5.41) is 0. The fraction of sp³-hybridized carbons (Fsp3) is 0.529. The molecule has 2 nitrogen and oxygen atoms in total. The Morgan fingerprint density at radius 3 is 2.10 bits per heavy atom. The van der Waals surface area contributed by atoms with E-state index in [4.69, 9.17) is 9.31 Å². The maximum Gasteiger partial charge on any atom is 0.487 e. The van der Waals surface area contributed by atoms with Crippen molar-refractivity contribution in [3.63, 3.8) is 0 Å². The van der Waals surface area contributed by atoms with Crippen LogP contribution in [0.4, 0.5) is 0 Å². The summed E-state index contributed by atoms with van der Waals surface area (Å²) in [4.78, 5) is 0. The lowest BCUT2D eigenvalue weighted by Crippen LogP contribution is -2.41. The fourth-order valence-corrected chi connectivity index (χ4v) is 2.82. The van der Waals surface area contributed by atoms with Gasteiger partial charge in [0.2, 0.25) is 0 Å². The molecule has 0 aromatic heterocycles. The minimum absolute atomic E-state index is 0.188. The second kappa shape index (κ2) is 4.75. The quantitative estimate of drug-likeness (QED) is 0.752. The van der Waals surface area contributed by atoms with Gasteiger partial charge in [-0.1, -0.05) is 41.9 Å². The predicted molar refractivity (Wildman–Crippen MR) is 82.6 cm³/mol. The molecule has 0 N–H and O–H groups in total. The van der Waals surface area contributed by atoms with Crippen molar-refractivity contribution < 1.29 is 9.31 Å². The van der Waals surface area contributed by atoms with E-state index in [-0.39, 0.29) is 18.3 Å². The zero-order valence-electron chi connectivity index (χ0n) is 12.8. The van der Waals surface area contributed by atoms with Gasteiger partial charge in [-0.2, -0.15) is 0 Å². The van der Waals surface area contributed by atoms with Crippen molar-refractivity contribution in [2.24, 2.45) is 0 Å². The van der Waals surface area contributed by atoms with Crippen LogP contribution in [0.5, 0.6) is 0 Å². The Kier molecular flexibility index (Phi) is 3.30. The highest BCUT2D eigenvalue weighted by atomic mass is 16.7. The van der Waals surface area contributed by atoms with Gasteiger partial charge in [-0.25, -0.2) is 0 Å². The van der Waals surface area contributed by atoms with E-state index >= 15 is 0 Å². The molecular weight excluding hydrogens is 247 g/mol. The molecule has 0 spiro atoms. The minimum Gasteiger partial charge on any atom is -0.400 e. The molecule has 1 heterocycles. The SMILES string of the molecule is CC1(C)OB(C=C2CC(c3ccccc3)C2)OC1(C)C. The van der Waals surface area contributed by atoms with E-state index in [0.717, 1.165) is 12.8 Å². The highest BCUT2D eigenvalue weighted by Crippen LogP contribution is 2.43. The van der Waals surface area contributed by atoms with Gasteiger partial charge in [-0.05, 0) is 52.0 Å². The van der Waals surface area contributed by atoms with Crippen LogP contribution in [0.25, 0.3) is 0 Å². The van der Waals surface area contributed by atoms with Crippen LogP contribution in [0.2, 0.25) is 0 Å². The summed E-state index contributed by atoms with van der Waals surface area (Å²) < 4.78 is 12.0. The average molecular weight is 270 g/mol. The van der Waals surface area contributed by atoms with E-state index in [1.54, 1.807) is 0 Å². The zero-order chi connectivity index (χ0) is 14.4. The Bertz CT molecular complexity index is 495. The number of allylic oxidation sites excluding steroid dienone is 1. The summed E-state index contributed by atoms with van der Waals surface area (Å²) in [7, 11) is -0.188. The van der Waals surface area contributed by atoms with Crippen LogP contribution in [0.15, 0.2) is 41.9 Å². The third kappa shape index (κ3) is 2.45. The normalized spacial score (nSPS) is 27.3. The zero-order valence-corrected chi connectivity index (χ0v) is 12.8. The minimum atomic E-state index is -0.239. The number of hydrogen-bond acceptors (Lipinski definition) is 2. The third-order valence-corrected chi connectivity index (χ3v) is 4.93. The summed E-state index contributed by atoms with van der Waals surface area (Å²) in [5.74, 6) is 2.85. The molecule has 3 heteroatoms. The largest absolute Gasteiger partial charge is 0.487 e. The Balaban J connectivity index is 1.61. The van der Waals surface area contributed by atoms with Gasteiger partial charge in [0.15, 0.2) is 0 Å². The van der Waals surface area contributed by atoms with Crippen molar-refractivity contribution in [1.29, 1.82) is 0 Å². The fourth-order valence-electron chi connectivity index (χ4n) is 2.82. The average Bonchev–Trinajstić information content (AvgIpc) is 2.53. The van der Waals surface area contributed by atoms with Crippen LogP contribution in [0.1, 0.15) is 52.0 Å². The lowest BCUT2D eigenvalue weighted by atomic mass is 9.71. The van der Waals surface area contributed by atoms with Crippen LogP contribution in [-0.4, -0.2) is 18.3 Å². The van der Waals surface area contributed by atoms with Crippen molar-refractivity contribution >= 4 is 7.12 Å². The molecule has 1 aromatic carbocycles. The van der Waals surface area contributed by atoms with Gasteiger partial charge >= 0.3 is 7.12 Å². The first kappa shape index (κ1) is 13.9. The van der Waals surface area contributed by atoms with Crippen molar-refractivity contribution in [3.05, 3.63) is 47.4 Å². The van der Waals surface area contributed by atoms with Crippen LogP contribution < -0.4 is 0 Å². The molecule has 2 aliphatic rings. The third-order valence-electron chi connectivity index (χ3n) is 4.93. The molecule has 0 amide bonds. The van der Waals surface area contributed by atoms with Gasteiger partial charge in [0.1, 0.15) is 0 Å². The maximum absolute atomic E-state index is 6.01. The van der Waals surface area contributed by atoms with Gasteiger partial charge in [-0.3, -0.25) is 0 Å². The Hall–Kier alpha value is -1.06. The molecule has 3 rings (SSSR count). The summed E-state index contributed by atoms with van der Waals surface area (Å²) in [6.07, 6.45) is 2.27. The first-order valence-electron chi connectivity index (χ1n) is 7.47. The molecule has 106 valence electrons. The van der Waals surface area contributed by atoms with E-state index in [9.17, 15) is 0 Å². The smallest absolute Gasteiger partial charge is 0.400 e. The number of benzene rings is 1. The van der Waals surface area contributed by atoms with Crippen LogP contribution in [-0.2, 0) is 9.31 Å². The predicted octanol–water partition coefficient (Wildman–Crippen LogP) is 4.12. The molecule has 0 atom stereocenters. The van der Waals surface area contributed by atoms with Crippen molar-refractivity contribution in [3.8, 4) is 0 Å². The summed E-state index contributed by atoms with van der Waals surface area (Å²) in [5.41, 5.74) is 2.42. The van der Waals surface area contributed by atoms with E-state index < -0.39 is 0 Å². The van der Waals surface area contributed by atoms with E-state index in [1.165, 1.54) is 11.1 Å². The Morgan fingerprint density at radius 2 is 1.55 bits per heavy atom. The molecule has 1 aliphatic heterocycles. The summed E-state index contributed by atoms with van der Waals surface area (Å²) in [6, 6.07) is 10.7. The highest BCUT2D eigenvalue weighted by molar-refractivity contribution is 6.51. The monoisotopic (exact) mass is 270 g/mol. The Labute approximate surface area is 122 Å². The Morgan fingerprint density at radius 1 is 1.00 bits per heavy atom. The molecule has 1 aromatic rings. The van der Waals surface area contributed by atoms with Crippen molar-refractivity contribution in [2.75, 3.05) is 0 Å². The molecular formula is C17H23BO2. The maximum atomic E-state index is 6.01. The highest BCUT2D eigenvalue weighted by Gasteiger charge is 2.50. The molecule has 0 radical (unpaired) electrons. The van der Waals surface area contributed by atoms with E-state index in [0.29, 0.717) is 5.92 Å².